The van der Waals surface area contributed by atoms with Gasteiger partial charge in [-0.3, -0.25) is 10.4 Å². The van der Waals surface area contributed by atoms with Crippen LogP contribution in [0.15, 0.2) is 42.7 Å². The number of hydrogen-bond donors (Lipinski definition) is 2. The van der Waals surface area contributed by atoms with Crippen molar-refractivity contribution in [3.63, 3.8) is 0 Å². The predicted molar refractivity (Wildman–Crippen MR) is 80.5 cm³/mol. The third-order valence-corrected chi connectivity index (χ3v) is 3.15. The number of rotatable bonds is 6. The summed E-state index contributed by atoms with van der Waals surface area (Å²) in [5.74, 6) is 0.613. The summed E-state index contributed by atoms with van der Waals surface area (Å²) in [4.78, 5) is 3.98. The van der Waals surface area contributed by atoms with Gasteiger partial charge in [0, 0.05) is 18.0 Å². The zero-order valence-corrected chi connectivity index (χ0v) is 11.7. The molecular formula is C15H16ClN3O. The number of nitrogens with zero attached hydrogens (tertiary/aromatic N) is 1. The zero-order valence-electron chi connectivity index (χ0n) is 11.0. The lowest BCUT2D eigenvalue weighted by molar-refractivity contribution is 0.311. The van der Waals surface area contributed by atoms with E-state index in [0.29, 0.717) is 22.9 Å². The molecule has 0 unspecified atom stereocenters. The average molecular weight is 290 g/mol. The first kappa shape index (κ1) is 14.3. The Kier molecular flexibility index (Phi) is 4.96. The molecule has 0 radical (unpaired) electrons. The maximum Gasteiger partial charge on any atom is 0.137 e. The SMILES string of the molecule is N=C(N)c1ccc(OCCCc2ccncc2)c(Cl)c1. The summed E-state index contributed by atoms with van der Waals surface area (Å²) >= 11 is 6.08. The Balaban J connectivity index is 1.84. The maximum atomic E-state index is 7.34. The number of aromatic nitrogens is 1. The molecule has 0 spiro atoms. The molecule has 0 saturated heterocycles. The largest absolute Gasteiger partial charge is 0.492 e. The quantitative estimate of drug-likeness (QED) is 0.488. The molecule has 0 aliphatic heterocycles. The highest BCUT2D eigenvalue weighted by molar-refractivity contribution is 6.32. The van der Waals surface area contributed by atoms with Crippen molar-refractivity contribution in [1.82, 2.24) is 4.98 Å². The second-order valence-electron chi connectivity index (χ2n) is 4.37. The van der Waals surface area contributed by atoms with Crippen LogP contribution in [0.2, 0.25) is 5.02 Å². The predicted octanol–water partition coefficient (Wildman–Crippen LogP) is 3.03. The van der Waals surface area contributed by atoms with Gasteiger partial charge in [-0.05, 0) is 48.7 Å². The second kappa shape index (κ2) is 6.91. The lowest BCUT2D eigenvalue weighted by atomic mass is 10.1. The fourth-order valence-corrected chi connectivity index (χ4v) is 2.03. The number of benzene rings is 1. The Bertz CT molecular complexity index is 587. The summed E-state index contributed by atoms with van der Waals surface area (Å²) in [7, 11) is 0. The molecule has 1 aromatic carbocycles. The van der Waals surface area contributed by atoms with Crippen molar-refractivity contribution in [3.05, 3.63) is 58.9 Å². The van der Waals surface area contributed by atoms with Crippen molar-refractivity contribution in [2.24, 2.45) is 5.73 Å². The number of amidine groups is 1. The van der Waals surface area contributed by atoms with E-state index in [4.69, 9.17) is 27.5 Å². The molecule has 4 nitrogen and oxygen atoms in total. The highest BCUT2D eigenvalue weighted by atomic mass is 35.5. The highest BCUT2D eigenvalue weighted by Gasteiger charge is 2.04. The molecular weight excluding hydrogens is 274 g/mol. The first-order valence-electron chi connectivity index (χ1n) is 6.32. The number of ether oxygens (including phenoxy) is 1. The number of pyridine rings is 1. The van der Waals surface area contributed by atoms with Gasteiger partial charge in [0.15, 0.2) is 0 Å². The van der Waals surface area contributed by atoms with Gasteiger partial charge in [-0.25, -0.2) is 0 Å². The van der Waals surface area contributed by atoms with Crippen molar-refractivity contribution in [3.8, 4) is 5.75 Å². The van der Waals surface area contributed by atoms with Crippen molar-refractivity contribution < 1.29 is 4.74 Å². The highest BCUT2D eigenvalue weighted by Crippen LogP contribution is 2.25. The first-order chi connectivity index (χ1) is 9.66. The van der Waals surface area contributed by atoms with E-state index in [0.717, 1.165) is 12.8 Å². The van der Waals surface area contributed by atoms with Crippen LogP contribution in [0.1, 0.15) is 17.5 Å². The molecule has 3 N–H and O–H groups in total. The minimum atomic E-state index is -0.00358. The molecule has 20 heavy (non-hydrogen) atoms. The minimum Gasteiger partial charge on any atom is -0.492 e. The van der Waals surface area contributed by atoms with Crippen LogP contribution < -0.4 is 10.5 Å². The monoisotopic (exact) mass is 289 g/mol. The number of nitrogen functional groups attached to an aromatic ring is 1. The van der Waals surface area contributed by atoms with E-state index in [2.05, 4.69) is 4.98 Å². The topological polar surface area (TPSA) is 72.0 Å². The smallest absolute Gasteiger partial charge is 0.137 e. The van der Waals surface area contributed by atoms with Gasteiger partial charge in [-0.15, -0.1) is 0 Å². The van der Waals surface area contributed by atoms with Crippen molar-refractivity contribution >= 4 is 17.4 Å². The van der Waals surface area contributed by atoms with Crippen molar-refractivity contribution in [2.45, 2.75) is 12.8 Å². The number of halogens is 1. The Hall–Kier alpha value is -2.07. The standard InChI is InChI=1S/C15H16ClN3O/c16-13-10-12(15(17)18)3-4-14(13)20-9-1-2-11-5-7-19-8-6-11/h3-8,10H,1-2,9H2,(H3,17,18). The van der Waals surface area contributed by atoms with Crippen molar-refractivity contribution in [2.75, 3.05) is 6.61 Å². The molecule has 0 aliphatic carbocycles. The van der Waals surface area contributed by atoms with Gasteiger partial charge in [0.2, 0.25) is 0 Å². The van der Waals surface area contributed by atoms with Crippen LogP contribution in [0, 0.1) is 5.41 Å². The molecule has 0 bridgehead atoms. The Morgan fingerprint density at radius 1 is 1.25 bits per heavy atom. The minimum absolute atomic E-state index is 0.00358. The van der Waals surface area contributed by atoms with Crippen LogP contribution in [-0.4, -0.2) is 17.4 Å². The van der Waals surface area contributed by atoms with E-state index >= 15 is 0 Å². The molecule has 1 heterocycles. The third kappa shape index (κ3) is 3.96. The average Bonchev–Trinajstić information content (AvgIpc) is 2.46. The number of aryl methyl sites for hydroxylation is 1. The normalized spacial score (nSPS) is 10.2. The van der Waals surface area contributed by atoms with E-state index in [1.165, 1.54) is 5.56 Å². The molecule has 2 rings (SSSR count). The fraction of sp³-hybridized carbons (Fsp3) is 0.200. The van der Waals surface area contributed by atoms with Crippen LogP contribution in [0.25, 0.3) is 0 Å². The van der Waals surface area contributed by atoms with Gasteiger partial charge in [0.25, 0.3) is 0 Å². The van der Waals surface area contributed by atoms with E-state index < -0.39 is 0 Å². The van der Waals surface area contributed by atoms with Crippen LogP contribution >= 0.6 is 11.6 Å². The Labute approximate surface area is 123 Å². The summed E-state index contributed by atoms with van der Waals surface area (Å²) in [5, 5.41) is 7.81. The number of nitrogens with one attached hydrogen (secondary N) is 1. The molecule has 0 fully saturated rings. The number of nitrogens with two attached hydrogens (primary N) is 1. The summed E-state index contributed by atoms with van der Waals surface area (Å²) in [5.41, 5.74) is 7.23. The zero-order chi connectivity index (χ0) is 14.4. The van der Waals surface area contributed by atoms with Crippen molar-refractivity contribution in [1.29, 1.82) is 5.41 Å². The molecule has 0 aliphatic rings. The molecule has 0 saturated carbocycles. The van der Waals surface area contributed by atoms with E-state index in [1.807, 2.05) is 12.1 Å². The lowest BCUT2D eigenvalue weighted by Crippen LogP contribution is -2.11. The van der Waals surface area contributed by atoms with Gasteiger partial charge in [0.1, 0.15) is 11.6 Å². The summed E-state index contributed by atoms with van der Waals surface area (Å²) in [6.45, 7) is 0.585. The van der Waals surface area contributed by atoms with Crippen LogP contribution in [0.4, 0.5) is 0 Å². The van der Waals surface area contributed by atoms with E-state index in [9.17, 15) is 0 Å². The summed E-state index contributed by atoms with van der Waals surface area (Å²) in [6, 6.07) is 9.10. The Morgan fingerprint density at radius 2 is 2.00 bits per heavy atom. The molecule has 1 aromatic heterocycles. The van der Waals surface area contributed by atoms with Crippen LogP contribution in [0.5, 0.6) is 5.75 Å². The number of hydrogen-bond acceptors (Lipinski definition) is 3. The first-order valence-corrected chi connectivity index (χ1v) is 6.70. The third-order valence-electron chi connectivity index (χ3n) is 2.86. The van der Waals surface area contributed by atoms with Gasteiger partial charge >= 0.3 is 0 Å². The van der Waals surface area contributed by atoms with Gasteiger partial charge in [-0.1, -0.05) is 11.6 Å². The second-order valence-corrected chi connectivity index (χ2v) is 4.77. The molecule has 2 aromatic rings. The molecule has 104 valence electrons. The maximum absolute atomic E-state index is 7.34. The fourth-order valence-electron chi connectivity index (χ4n) is 1.79. The summed E-state index contributed by atoms with van der Waals surface area (Å²) in [6.07, 6.45) is 5.40. The molecule has 0 atom stereocenters. The Morgan fingerprint density at radius 3 is 2.65 bits per heavy atom. The van der Waals surface area contributed by atoms with E-state index in [-0.39, 0.29) is 5.84 Å². The molecule has 0 amide bonds. The van der Waals surface area contributed by atoms with Crippen LogP contribution in [0.3, 0.4) is 0 Å². The lowest BCUT2D eigenvalue weighted by Gasteiger charge is -2.09. The van der Waals surface area contributed by atoms with Gasteiger partial charge < -0.3 is 10.5 Å². The molecule has 5 heteroatoms. The van der Waals surface area contributed by atoms with Crippen LogP contribution in [-0.2, 0) is 6.42 Å². The van der Waals surface area contributed by atoms with Gasteiger partial charge in [0.05, 0.1) is 11.6 Å². The van der Waals surface area contributed by atoms with Gasteiger partial charge in [-0.2, -0.15) is 0 Å². The van der Waals surface area contributed by atoms with E-state index in [1.54, 1.807) is 30.6 Å². The summed E-state index contributed by atoms with van der Waals surface area (Å²) < 4.78 is 5.63.